The summed E-state index contributed by atoms with van der Waals surface area (Å²) in [6.07, 6.45) is 0. The van der Waals surface area contributed by atoms with Crippen molar-refractivity contribution < 1.29 is 4.79 Å². The minimum Gasteiger partial charge on any atom is -0.306 e. The Balaban J connectivity index is 2.21. The number of thiophene rings is 1. The third-order valence-electron chi connectivity index (χ3n) is 2.16. The van der Waals surface area contributed by atoms with Crippen LogP contribution in [0.4, 0.5) is 5.82 Å². The minimum absolute atomic E-state index is 0.182. The van der Waals surface area contributed by atoms with Crippen LogP contribution >= 0.6 is 59.1 Å². The molecular formula is C11H7Br3N2OS. The molecule has 0 saturated heterocycles. The number of carbonyl (C=O) groups excluding carboxylic acids is 1. The molecule has 2 rings (SSSR count). The van der Waals surface area contributed by atoms with Crippen LogP contribution in [0.1, 0.15) is 16.1 Å². The summed E-state index contributed by atoms with van der Waals surface area (Å²) < 4.78 is 2.61. The van der Waals surface area contributed by atoms with Gasteiger partial charge in [0.15, 0.2) is 0 Å². The van der Waals surface area contributed by atoms with Gasteiger partial charge in [0.25, 0.3) is 5.91 Å². The number of halogens is 3. The lowest BCUT2D eigenvalue weighted by atomic mass is 10.3. The van der Waals surface area contributed by atoms with Gasteiger partial charge in [0, 0.05) is 4.47 Å². The molecule has 94 valence electrons. The first-order chi connectivity index (χ1) is 8.47. The van der Waals surface area contributed by atoms with Gasteiger partial charge in [-0.25, -0.2) is 4.98 Å². The monoisotopic (exact) mass is 452 g/mol. The minimum atomic E-state index is -0.182. The van der Waals surface area contributed by atoms with Gasteiger partial charge in [-0.15, -0.1) is 11.3 Å². The number of anilines is 1. The number of amides is 1. The van der Waals surface area contributed by atoms with Crippen LogP contribution in [0, 0.1) is 6.92 Å². The summed E-state index contributed by atoms with van der Waals surface area (Å²) in [6, 6.07) is 5.39. The Bertz CT molecular complexity index is 612. The van der Waals surface area contributed by atoms with Gasteiger partial charge in [0.05, 0.1) is 18.8 Å². The molecule has 0 aliphatic heterocycles. The molecule has 0 spiro atoms. The molecule has 0 unspecified atom stereocenters. The van der Waals surface area contributed by atoms with Crippen molar-refractivity contribution in [1.29, 1.82) is 0 Å². The van der Waals surface area contributed by atoms with E-state index in [-0.39, 0.29) is 5.91 Å². The van der Waals surface area contributed by atoms with Gasteiger partial charge in [-0.3, -0.25) is 4.79 Å². The molecule has 2 aromatic heterocycles. The number of rotatable bonds is 2. The van der Waals surface area contributed by atoms with E-state index >= 15 is 0 Å². The smallest absolute Gasteiger partial charge is 0.258 e. The number of nitrogens with zero attached hydrogens (tertiary/aromatic N) is 1. The summed E-state index contributed by atoms with van der Waals surface area (Å²) in [5.41, 5.74) is 1.42. The molecule has 0 atom stereocenters. The Morgan fingerprint density at radius 3 is 2.61 bits per heavy atom. The van der Waals surface area contributed by atoms with E-state index in [2.05, 4.69) is 58.1 Å². The van der Waals surface area contributed by atoms with Gasteiger partial charge in [-0.1, -0.05) is 0 Å². The number of hydrogen-bond acceptors (Lipinski definition) is 3. The van der Waals surface area contributed by atoms with E-state index in [0.717, 1.165) is 17.7 Å². The zero-order valence-electron chi connectivity index (χ0n) is 9.13. The zero-order chi connectivity index (χ0) is 13.3. The first kappa shape index (κ1) is 14.2. The second-order valence-electron chi connectivity index (χ2n) is 3.46. The lowest BCUT2D eigenvalue weighted by Gasteiger charge is -2.05. The van der Waals surface area contributed by atoms with Gasteiger partial charge >= 0.3 is 0 Å². The summed E-state index contributed by atoms with van der Waals surface area (Å²) in [5, 5.41) is 2.77. The fourth-order valence-corrected chi connectivity index (χ4v) is 4.31. The Hall–Kier alpha value is -0.240. The first-order valence-electron chi connectivity index (χ1n) is 4.86. The number of nitrogens with one attached hydrogen (secondary N) is 1. The van der Waals surface area contributed by atoms with Crippen LogP contribution in [0.15, 0.2) is 30.2 Å². The molecule has 2 aromatic rings. The average molecular weight is 455 g/mol. The van der Waals surface area contributed by atoms with Gasteiger partial charge in [0.2, 0.25) is 0 Å². The lowest BCUT2D eigenvalue weighted by Crippen LogP contribution is -2.12. The SMILES string of the molecule is Cc1nc(NC(=O)c2cc(Br)sc2Br)ccc1Br. The Morgan fingerprint density at radius 1 is 1.33 bits per heavy atom. The summed E-state index contributed by atoms with van der Waals surface area (Å²) in [6.45, 7) is 1.87. The van der Waals surface area contributed by atoms with Crippen molar-refractivity contribution in [3.8, 4) is 0 Å². The molecule has 0 aromatic carbocycles. The molecule has 1 amide bonds. The van der Waals surface area contributed by atoms with Crippen molar-refractivity contribution in [3.63, 3.8) is 0 Å². The highest BCUT2D eigenvalue weighted by Crippen LogP contribution is 2.32. The van der Waals surface area contributed by atoms with E-state index in [9.17, 15) is 4.79 Å². The molecule has 0 saturated carbocycles. The predicted octanol–water partition coefficient (Wildman–Crippen LogP) is 4.99. The van der Waals surface area contributed by atoms with Crippen LogP contribution in [-0.4, -0.2) is 10.9 Å². The third kappa shape index (κ3) is 3.20. The second kappa shape index (κ2) is 5.81. The Labute approximate surface area is 133 Å². The Morgan fingerprint density at radius 2 is 2.06 bits per heavy atom. The predicted molar refractivity (Wildman–Crippen MR) is 84.3 cm³/mol. The molecular weight excluding hydrogens is 448 g/mol. The molecule has 1 N–H and O–H groups in total. The van der Waals surface area contributed by atoms with E-state index in [1.165, 1.54) is 11.3 Å². The van der Waals surface area contributed by atoms with Crippen molar-refractivity contribution >= 4 is 70.9 Å². The summed E-state index contributed by atoms with van der Waals surface area (Å²) in [5.74, 6) is 0.355. The van der Waals surface area contributed by atoms with Gasteiger partial charge in [-0.2, -0.15) is 0 Å². The standard InChI is InChI=1S/C11H7Br3N2OS/c1-5-7(12)2-3-9(15-5)16-11(17)6-4-8(13)18-10(6)14/h2-4H,1H3,(H,15,16,17). The van der Waals surface area contributed by atoms with Gasteiger partial charge < -0.3 is 5.32 Å². The topological polar surface area (TPSA) is 42.0 Å². The summed E-state index contributed by atoms with van der Waals surface area (Å²) in [4.78, 5) is 16.3. The Kier molecular flexibility index (Phi) is 4.58. The fraction of sp³-hybridized carbons (Fsp3) is 0.0909. The molecule has 3 nitrogen and oxygen atoms in total. The van der Waals surface area contributed by atoms with Crippen LogP contribution in [0.25, 0.3) is 0 Å². The molecule has 7 heteroatoms. The maximum atomic E-state index is 12.0. The first-order valence-corrected chi connectivity index (χ1v) is 8.06. The normalized spacial score (nSPS) is 10.4. The molecule has 0 bridgehead atoms. The van der Waals surface area contributed by atoms with E-state index in [1.54, 1.807) is 12.1 Å². The quantitative estimate of drug-likeness (QED) is 0.694. The van der Waals surface area contributed by atoms with Gasteiger partial charge in [-0.05, 0) is 72.9 Å². The maximum absolute atomic E-state index is 12.0. The number of hydrogen-bond donors (Lipinski definition) is 1. The third-order valence-corrected chi connectivity index (χ3v) is 5.34. The highest BCUT2D eigenvalue weighted by molar-refractivity contribution is 9.12. The van der Waals surface area contributed by atoms with Crippen LogP contribution in [0.5, 0.6) is 0 Å². The number of pyridine rings is 1. The fourth-order valence-electron chi connectivity index (χ4n) is 1.29. The molecule has 0 aliphatic rings. The largest absolute Gasteiger partial charge is 0.306 e. The highest BCUT2D eigenvalue weighted by atomic mass is 79.9. The lowest BCUT2D eigenvalue weighted by molar-refractivity contribution is 0.102. The maximum Gasteiger partial charge on any atom is 0.258 e. The van der Waals surface area contributed by atoms with Crippen molar-refractivity contribution in [1.82, 2.24) is 4.98 Å². The molecule has 0 fully saturated rings. The van der Waals surface area contributed by atoms with E-state index < -0.39 is 0 Å². The van der Waals surface area contributed by atoms with E-state index in [0.29, 0.717) is 11.4 Å². The number of aromatic nitrogens is 1. The number of aryl methyl sites for hydroxylation is 1. The second-order valence-corrected chi connectivity index (χ2v) is 8.06. The van der Waals surface area contributed by atoms with Crippen LogP contribution in [0.2, 0.25) is 0 Å². The van der Waals surface area contributed by atoms with Crippen LogP contribution < -0.4 is 5.32 Å². The van der Waals surface area contributed by atoms with E-state index in [1.807, 2.05) is 13.0 Å². The van der Waals surface area contributed by atoms with Crippen molar-refractivity contribution in [2.24, 2.45) is 0 Å². The summed E-state index contributed by atoms with van der Waals surface area (Å²) >= 11 is 11.5. The molecule has 2 heterocycles. The van der Waals surface area contributed by atoms with Crippen molar-refractivity contribution in [2.45, 2.75) is 6.92 Å². The average Bonchev–Trinajstić information content (AvgIpc) is 2.63. The summed E-state index contributed by atoms with van der Waals surface area (Å²) in [7, 11) is 0. The molecule has 0 aliphatic carbocycles. The van der Waals surface area contributed by atoms with Crippen molar-refractivity contribution in [2.75, 3.05) is 5.32 Å². The molecule has 0 radical (unpaired) electrons. The van der Waals surface area contributed by atoms with E-state index in [4.69, 9.17) is 0 Å². The van der Waals surface area contributed by atoms with Gasteiger partial charge in [0.1, 0.15) is 5.82 Å². The molecule has 18 heavy (non-hydrogen) atoms. The van der Waals surface area contributed by atoms with Crippen LogP contribution in [0.3, 0.4) is 0 Å². The van der Waals surface area contributed by atoms with Crippen LogP contribution in [-0.2, 0) is 0 Å². The highest BCUT2D eigenvalue weighted by Gasteiger charge is 2.14. The zero-order valence-corrected chi connectivity index (χ0v) is 14.7. The van der Waals surface area contributed by atoms with Crippen molar-refractivity contribution in [3.05, 3.63) is 41.5 Å². The number of carbonyl (C=O) groups is 1.